The number of thiazole rings is 1. The van der Waals surface area contributed by atoms with Crippen molar-refractivity contribution in [2.45, 2.75) is 25.0 Å². The number of hydrogen-bond acceptors (Lipinski definition) is 6. The highest BCUT2D eigenvalue weighted by Crippen LogP contribution is 2.35. The summed E-state index contributed by atoms with van der Waals surface area (Å²) in [5, 5.41) is 6.30. The van der Waals surface area contributed by atoms with Crippen LogP contribution in [0.25, 0.3) is 0 Å². The van der Waals surface area contributed by atoms with Gasteiger partial charge in [-0.15, -0.1) is 11.3 Å². The van der Waals surface area contributed by atoms with Gasteiger partial charge >= 0.3 is 0 Å². The molecular formula is C16H27N5OS. The molecule has 0 radical (unpaired) electrons. The fourth-order valence-electron chi connectivity index (χ4n) is 3.78. The van der Waals surface area contributed by atoms with Crippen molar-refractivity contribution in [1.29, 1.82) is 0 Å². The first-order valence-electron chi connectivity index (χ1n) is 8.29. The van der Waals surface area contributed by atoms with E-state index in [0.717, 1.165) is 39.1 Å². The summed E-state index contributed by atoms with van der Waals surface area (Å²) in [5.74, 6) is 0.791. The molecule has 2 aliphatic rings. The van der Waals surface area contributed by atoms with E-state index in [1.165, 1.54) is 5.01 Å². The normalized spacial score (nSPS) is 28.4. The lowest BCUT2D eigenvalue weighted by atomic mass is 10.0. The fourth-order valence-corrected chi connectivity index (χ4v) is 4.44. The maximum absolute atomic E-state index is 12.4. The second-order valence-electron chi connectivity index (χ2n) is 6.96. The predicted molar refractivity (Wildman–Crippen MR) is 92.4 cm³/mol. The Balaban J connectivity index is 1.49. The van der Waals surface area contributed by atoms with Crippen LogP contribution < -0.4 is 5.32 Å². The van der Waals surface area contributed by atoms with Crippen molar-refractivity contribution in [3.05, 3.63) is 16.6 Å². The quantitative estimate of drug-likeness (QED) is 0.811. The average molecular weight is 337 g/mol. The van der Waals surface area contributed by atoms with Crippen molar-refractivity contribution in [3.8, 4) is 0 Å². The van der Waals surface area contributed by atoms with Gasteiger partial charge in [-0.05, 0) is 33.5 Å². The maximum atomic E-state index is 12.4. The van der Waals surface area contributed by atoms with Gasteiger partial charge in [-0.2, -0.15) is 0 Å². The third-order valence-corrected chi connectivity index (χ3v) is 5.79. The number of carbonyl (C=O) groups is 1. The number of fused-ring (bicyclic) bond motifs is 1. The number of nitrogens with zero attached hydrogens (tertiary/aromatic N) is 4. The molecule has 3 heterocycles. The highest BCUT2D eigenvalue weighted by atomic mass is 32.1. The van der Waals surface area contributed by atoms with Crippen LogP contribution in [0.3, 0.4) is 0 Å². The van der Waals surface area contributed by atoms with Gasteiger partial charge in [0.15, 0.2) is 0 Å². The van der Waals surface area contributed by atoms with Crippen LogP contribution in [-0.2, 0) is 11.3 Å². The zero-order valence-electron chi connectivity index (χ0n) is 14.2. The number of amides is 1. The zero-order chi connectivity index (χ0) is 16.4. The van der Waals surface area contributed by atoms with Gasteiger partial charge in [0.05, 0.1) is 12.6 Å². The predicted octanol–water partition coefficient (Wildman–Crippen LogP) is 0.325. The zero-order valence-corrected chi connectivity index (χ0v) is 15.1. The van der Waals surface area contributed by atoms with Crippen molar-refractivity contribution in [2.24, 2.45) is 5.92 Å². The molecule has 1 aromatic heterocycles. The van der Waals surface area contributed by atoms with Crippen molar-refractivity contribution < 1.29 is 4.79 Å². The molecule has 0 spiro atoms. The third-order valence-electron chi connectivity index (χ3n) is 5.03. The molecule has 3 atom stereocenters. The van der Waals surface area contributed by atoms with Crippen molar-refractivity contribution in [3.63, 3.8) is 0 Å². The molecule has 2 unspecified atom stereocenters. The first-order chi connectivity index (χ1) is 11.0. The summed E-state index contributed by atoms with van der Waals surface area (Å²) in [7, 11) is 6.15. The molecule has 2 aliphatic heterocycles. The minimum Gasteiger partial charge on any atom is -0.353 e. The largest absolute Gasteiger partial charge is 0.353 e. The molecular weight excluding hydrogens is 310 g/mol. The van der Waals surface area contributed by atoms with Crippen LogP contribution >= 0.6 is 11.3 Å². The van der Waals surface area contributed by atoms with Gasteiger partial charge in [-0.25, -0.2) is 4.98 Å². The molecule has 128 valence electrons. The number of likely N-dealkylation sites (tertiary alicyclic amines) is 2. The summed E-state index contributed by atoms with van der Waals surface area (Å²) in [6.07, 6.45) is 2.85. The molecule has 7 heteroatoms. The van der Waals surface area contributed by atoms with Crippen LogP contribution in [0.2, 0.25) is 0 Å². The van der Waals surface area contributed by atoms with E-state index in [-0.39, 0.29) is 11.9 Å². The number of nitrogens with one attached hydrogen (secondary N) is 1. The minimum atomic E-state index is 0.0363. The lowest BCUT2D eigenvalue weighted by Crippen LogP contribution is -2.46. The second-order valence-corrected chi connectivity index (χ2v) is 7.94. The van der Waals surface area contributed by atoms with Crippen molar-refractivity contribution in [2.75, 3.05) is 47.3 Å². The molecule has 0 aromatic carbocycles. The molecule has 23 heavy (non-hydrogen) atoms. The van der Waals surface area contributed by atoms with Gasteiger partial charge in [-0.3, -0.25) is 14.6 Å². The maximum Gasteiger partial charge on any atom is 0.237 e. The van der Waals surface area contributed by atoms with Crippen LogP contribution in [-0.4, -0.2) is 85.0 Å². The Morgan fingerprint density at radius 2 is 2.30 bits per heavy atom. The van der Waals surface area contributed by atoms with E-state index in [0.29, 0.717) is 12.0 Å². The first kappa shape index (κ1) is 16.8. The average Bonchev–Trinajstić information content (AvgIpc) is 3.18. The number of likely N-dealkylation sites (N-methyl/N-ethyl adjacent to an activating group) is 2. The summed E-state index contributed by atoms with van der Waals surface area (Å²) in [6.45, 7) is 4.68. The smallest absolute Gasteiger partial charge is 0.237 e. The molecule has 0 bridgehead atoms. The molecule has 6 nitrogen and oxygen atoms in total. The first-order valence-corrected chi connectivity index (χ1v) is 9.17. The number of hydrogen-bond donors (Lipinski definition) is 1. The number of aromatic nitrogens is 1. The molecule has 2 saturated heterocycles. The third kappa shape index (κ3) is 3.91. The van der Waals surface area contributed by atoms with E-state index in [9.17, 15) is 4.79 Å². The van der Waals surface area contributed by atoms with Gasteiger partial charge in [0.2, 0.25) is 5.91 Å². The lowest BCUT2D eigenvalue weighted by molar-refractivity contribution is -0.125. The van der Waals surface area contributed by atoms with Gasteiger partial charge < -0.3 is 10.2 Å². The fraction of sp³-hybridized carbons (Fsp3) is 0.750. The molecule has 2 fully saturated rings. The van der Waals surface area contributed by atoms with Gasteiger partial charge in [0.1, 0.15) is 5.01 Å². The van der Waals surface area contributed by atoms with Crippen LogP contribution in [0.4, 0.5) is 0 Å². The Hall–Kier alpha value is -1.02. The van der Waals surface area contributed by atoms with Crippen LogP contribution in [0.5, 0.6) is 0 Å². The SMILES string of the molecule is CN(C)CCNC(=O)[C@H]1CC2CN(Cc3nccs3)CC2N1C. The van der Waals surface area contributed by atoms with Crippen LogP contribution in [0.1, 0.15) is 11.4 Å². The Labute approximate surface area is 142 Å². The van der Waals surface area contributed by atoms with E-state index in [4.69, 9.17) is 0 Å². The number of rotatable bonds is 6. The summed E-state index contributed by atoms with van der Waals surface area (Å²) in [4.78, 5) is 23.6. The highest BCUT2D eigenvalue weighted by molar-refractivity contribution is 7.09. The van der Waals surface area contributed by atoms with E-state index < -0.39 is 0 Å². The van der Waals surface area contributed by atoms with Crippen molar-refractivity contribution in [1.82, 2.24) is 25.0 Å². The van der Waals surface area contributed by atoms with Gasteiger partial charge in [0, 0.05) is 43.8 Å². The molecule has 3 rings (SSSR count). The van der Waals surface area contributed by atoms with Crippen LogP contribution in [0.15, 0.2) is 11.6 Å². The standard InChI is InChI=1S/C16H27N5OS/c1-19(2)6-4-18-16(22)13-8-12-9-21(10-14(12)20(13)3)11-15-17-5-7-23-15/h5,7,12-14H,4,6,8-11H2,1-3H3,(H,18,22)/t12?,13-,14?/m1/s1. The highest BCUT2D eigenvalue weighted by Gasteiger charge is 2.46. The molecule has 1 aromatic rings. The minimum absolute atomic E-state index is 0.0363. The van der Waals surface area contributed by atoms with Crippen LogP contribution in [0, 0.1) is 5.92 Å². The van der Waals surface area contributed by atoms with E-state index in [1.807, 2.05) is 25.7 Å². The van der Waals surface area contributed by atoms with Crippen molar-refractivity contribution >= 4 is 17.2 Å². The molecule has 1 amide bonds. The monoisotopic (exact) mass is 337 g/mol. The molecule has 0 saturated carbocycles. The van der Waals surface area contributed by atoms with Gasteiger partial charge in [0.25, 0.3) is 0 Å². The van der Waals surface area contributed by atoms with Gasteiger partial charge in [-0.1, -0.05) is 0 Å². The van der Waals surface area contributed by atoms with E-state index in [2.05, 4.69) is 32.0 Å². The molecule has 0 aliphatic carbocycles. The summed E-state index contributed by atoms with van der Waals surface area (Å²) in [6, 6.07) is 0.536. The van der Waals surface area contributed by atoms with E-state index >= 15 is 0 Å². The lowest BCUT2D eigenvalue weighted by Gasteiger charge is -2.26. The Bertz CT molecular complexity index is 521. The Kier molecular flexibility index (Phi) is 5.31. The molecule has 1 N–H and O–H groups in total. The summed E-state index contributed by atoms with van der Waals surface area (Å²) < 4.78 is 0. The summed E-state index contributed by atoms with van der Waals surface area (Å²) in [5.41, 5.74) is 0. The van der Waals surface area contributed by atoms with E-state index in [1.54, 1.807) is 11.3 Å². The Morgan fingerprint density at radius 3 is 2.96 bits per heavy atom. The summed E-state index contributed by atoms with van der Waals surface area (Å²) >= 11 is 1.72. The Morgan fingerprint density at radius 1 is 1.48 bits per heavy atom. The number of carbonyl (C=O) groups excluding carboxylic acids is 1. The topological polar surface area (TPSA) is 51.7 Å². The second kappa shape index (κ2) is 7.25.